The summed E-state index contributed by atoms with van der Waals surface area (Å²) in [6.07, 6.45) is 6.12. The first-order chi connectivity index (χ1) is 5.61. The van der Waals surface area contributed by atoms with Crippen LogP contribution in [0.3, 0.4) is 0 Å². The lowest BCUT2D eigenvalue weighted by molar-refractivity contribution is -0.139. The van der Waals surface area contributed by atoms with Crippen LogP contribution in [-0.2, 0) is 4.79 Å². The van der Waals surface area contributed by atoms with Gasteiger partial charge in [-0.15, -0.1) is 0 Å². The molecule has 0 radical (unpaired) electrons. The van der Waals surface area contributed by atoms with Crippen molar-refractivity contribution in [1.29, 1.82) is 0 Å². The van der Waals surface area contributed by atoms with Crippen LogP contribution < -0.4 is 0 Å². The fourth-order valence-electron chi connectivity index (χ4n) is 1.12. The standard InChI is InChI=1S/C9H13NO2/c1-10(2)8-5-3-7(4-6-8)9(11)12/h3,5-7H,4H2,1-2H3,(H,11,12). The monoisotopic (exact) mass is 167 g/mol. The summed E-state index contributed by atoms with van der Waals surface area (Å²) in [5.74, 6) is -1.09. The molecule has 12 heavy (non-hydrogen) atoms. The molecule has 1 N–H and O–H groups in total. The zero-order valence-corrected chi connectivity index (χ0v) is 7.32. The molecule has 0 saturated heterocycles. The molecule has 3 nitrogen and oxygen atoms in total. The molecule has 66 valence electrons. The van der Waals surface area contributed by atoms with Crippen molar-refractivity contribution in [3.05, 3.63) is 23.9 Å². The lowest BCUT2D eigenvalue weighted by atomic mass is 9.99. The van der Waals surface area contributed by atoms with Crippen LogP contribution in [0.5, 0.6) is 0 Å². The SMILES string of the molecule is CN(C)C1=CCC(C(=O)O)C=C1. The van der Waals surface area contributed by atoms with E-state index in [9.17, 15) is 4.79 Å². The van der Waals surface area contributed by atoms with E-state index in [1.165, 1.54) is 0 Å². The van der Waals surface area contributed by atoms with Gasteiger partial charge in [0.25, 0.3) is 0 Å². The van der Waals surface area contributed by atoms with Crippen LogP contribution in [0, 0.1) is 5.92 Å². The summed E-state index contributed by atoms with van der Waals surface area (Å²) < 4.78 is 0. The Morgan fingerprint density at radius 2 is 2.33 bits per heavy atom. The van der Waals surface area contributed by atoms with Crippen molar-refractivity contribution < 1.29 is 9.90 Å². The first-order valence-corrected chi connectivity index (χ1v) is 3.89. The number of hydrogen-bond acceptors (Lipinski definition) is 2. The fraction of sp³-hybridized carbons (Fsp3) is 0.444. The maximum absolute atomic E-state index is 10.5. The third-order valence-electron chi connectivity index (χ3n) is 1.91. The van der Waals surface area contributed by atoms with Gasteiger partial charge in [-0.05, 0) is 12.5 Å². The number of rotatable bonds is 2. The van der Waals surface area contributed by atoms with Gasteiger partial charge in [-0.1, -0.05) is 12.2 Å². The Morgan fingerprint density at radius 3 is 2.67 bits per heavy atom. The third-order valence-corrected chi connectivity index (χ3v) is 1.91. The molecule has 1 atom stereocenters. The van der Waals surface area contributed by atoms with Gasteiger partial charge in [0, 0.05) is 19.8 Å². The molecular weight excluding hydrogens is 154 g/mol. The van der Waals surface area contributed by atoms with Crippen LogP contribution in [0.15, 0.2) is 23.9 Å². The van der Waals surface area contributed by atoms with Crippen LogP contribution in [0.25, 0.3) is 0 Å². The summed E-state index contributed by atoms with van der Waals surface area (Å²) in [7, 11) is 3.88. The van der Waals surface area contributed by atoms with E-state index in [4.69, 9.17) is 5.11 Å². The Bertz CT molecular complexity index is 241. The van der Waals surface area contributed by atoms with Gasteiger partial charge in [-0.3, -0.25) is 4.79 Å². The molecule has 0 amide bonds. The van der Waals surface area contributed by atoms with Crippen molar-refractivity contribution in [2.75, 3.05) is 14.1 Å². The normalized spacial score (nSPS) is 21.8. The van der Waals surface area contributed by atoms with E-state index in [1.807, 2.05) is 31.1 Å². The smallest absolute Gasteiger partial charge is 0.310 e. The summed E-state index contributed by atoms with van der Waals surface area (Å²) in [5, 5.41) is 8.67. The quantitative estimate of drug-likeness (QED) is 0.669. The van der Waals surface area contributed by atoms with Crippen molar-refractivity contribution in [1.82, 2.24) is 4.90 Å². The average Bonchev–Trinajstić information content (AvgIpc) is 2.04. The Morgan fingerprint density at radius 1 is 1.67 bits per heavy atom. The van der Waals surface area contributed by atoms with Crippen molar-refractivity contribution in [3.63, 3.8) is 0 Å². The molecule has 1 rings (SSSR count). The Kier molecular flexibility index (Phi) is 2.53. The van der Waals surface area contributed by atoms with E-state index >= 15 is 0 Å². The molecule has 0 aliphatic heterocycles. The van der Waals surface area contributed by atoms with Crippen molar-refractivity contribution >= 4 is 5.97 Å². The second-order valence-corrected chi connectivity index (χ2v) is 3.06. The number of carbonyl (C=O) groups is 1. The van der Waals surface area contributed by atoms with Gasteiger partial charge in [0.1, 0.15) is 0 Å². The molecule has 1 unspecified atom stereocenters. The van der Waals surface area contributed by atoms with Crippen LogP contribution in [0.1, 0.15) is 6.42 Å². The minimum Gasteiger partial charge on any atom is -0.481 e. The molecule has 0 aromatic rings. The maximum atomic E-state index is 10.5. The highest BCUT2D eigenvalue weighted by molar-refractivity contribution is 5.73. The molecule has 0 spiro atoms. The fourth-order valence-corrected chi connectivity index (χ4v) is 1.12. The molecule has 0 fully saturated rings. The molecular formula is C9H13NO2. The highest BCUT2D eigenvalue weighted by Crippen LogP contribution is 2.17. The lowest BCUT2D eigenvalue weighted by Crippen LogP contribution is -2.16. The maximum Gasteiger partial charge on any atom is 0.310 e. The van der Waals surface area contributed by atoms with E-state index in [0.717, 1.165) is 5.70 Å². The molecule has 1 aliphatic carbocycles. The Labute approximate surface area is 72.0 Å². The van der Waals surface area contributed by atoms with Crippen LogP contribution in [0.4, 0.5) is 0 Å². The average molecular weight is 167 g/mol. The minimum absolute atomic E-state index is 0.339. The van der Waals surface area contributed by atoms with E-state index in [2.05, 4.69) is 0 Å². The van der Waals surface area contributed by atoms with Crippen molar-refractivity contribution in [3.8, 4) is 0 Å². The van der Waals surface area contributed by atoms with Gasteiger partial charge in [-0.25, -0.2) is 0 Å². The highest BCUT2D eigenvalue weighted by atomic mass is 16.4. The minimum atomic E-state index is -0.750. The predicted octanol–water partition coefficient (Wildman–Crippen LogP) is 1.09. The molecule has 0 heterocycles. The highest BCUT2D eigenvalue weighted by Gasteiger charge is 2.15. The third kappa shape index (κ3) is 1.87. The Balaban J connectivity index is 2.61. The molecule has 0 aromatic heterocycles. The molecule has 0 aromatic carbocycles. The van der Waals surface area contributed by atoms with Gasteiger partial charge < -0.3 is 10.0 Å². The summed E-state index contributed by atoms with van der Waals surface area (Å²) >= 11 is 0. The van der Waals surface area contributed by atoms with Gasteiger partial charge in [-0.2, -0.15) is 0 Å². The van der Waals surface area contributed by atoms with Crippen molar-refractivity contribution in [2.24, 2.45) is 5.92 Å². The van der Waals surface area contributed by atoms with Gasteiger partial charge in [0.05, 0.1) is 5.92 Å². The molecule has 0 saturated carbocycles. The van der Waals surface area contributed by atoms with Crippen LogP contribution >= 0.6 is 0 Å². The van der Waals surface area contributed by atoms with E-state index < -0.39 is 5.97 Å². The van der Waals surface area contributed by atoms with Gasteiger partial charge >= 0.3 is 5.97 Å². The first-order valence-electron chi connectivity index (χ1n) is 3.89. The largest absolute Gasteiger partial charge is 0.481 e. The number of aliphatic carboxylic acids is 1. The summed E-state index contributed by atoms with van der Waals surface area (Å²) in [5.41, 5.74) is 1.08. The lowest BCUT2D eigenvalue weighted by Gasteiger charge is -2.18. The summed E-state index contributed by atoms with van der Waals surface area (Å²) in [4.78, 5) is 12.5. The number of nitrogens with zero attached hydrogens (tertiary/aromatic N) is 1. The summed E-state index contributed by atoms with van der Waals surface area (Å²) in [6.45, 7) is 0. The molecule has 1 aliphatic rings. The zero-order valence-electron chi connectivity index (χ0n) is 7.32. The van der Waals surface area contributed by atoms with Gasteiger partial charge in [0.2, 0.25) is 0 Å². The van der Waals surface area contributed by atoms with Gasteiger partial charge in [0.15, 0.2) is 0 Å². The molecule has 3 heteroatoms. The zero-order chi connectivity index (χ0) is 9.14. The second-order valence-electron chi connectivity index (χ2n) is 3.06. The van der Waals surface area contributed by atoms with Crippen molar-refractivity contribution in [2.45, 2.75) is 6.42 Å². The number of hydrogen-bond donors (Lipinski definition) is 1. The number of allylic oxidation sites excluding steroid dienone is 2. The number of likely N-dealkylation sites (N-methyl/N-ethyl adjacent to an activating group) is 1. The first kappa shape index (κ1) is 8.84. The number of carboxylic acids is 1. The van der Waals surface area contributed by atoms with Crippen LogP contribution in [0.2, 0.25) is 0 Å². The van der Waals surface area contributed by atoms with E-state index in [0.29, 0.717) is 6.42 Å². The van der Waals surface area contributed by atoms with E-state index in [-0.39, 0.29) is 5.92 Å². The predicted molar refractivity (Wildman–Crippen MR) is 46.7 cm³/mol. The topological polar surface area (TPSA) is 40.5 Å². The van der Waals surface area contributed by atoms with Crippen LogP contribution in [-0.4, -0.2) is 30.1 Å². The second kappa shape index (κ2) is 3.43. The number of carboxylic acid groups (broad SMARTS) is 1. The van der Waals surface area contributed by atoms with E-state index in [1.54, 1.807) is 6.08 Å². The molecule has 0 bridgehead atoms. The Hall–Kier alpha value is -1.25. The summed E-state index contributed by atoms with van der Waals surface area (Å²) in [6, 6.07) is 0.